The Morgan fingerprint density at radius 3 is 2.05 bits per heavy atom. The molecule has 204 valence electrons. The van der Waals surface area contributed by atoms with Crippen LogP contribution in [0.25, 0.3) is 16.8 Å². The molecule has 1 aliphatic rings. The van der Waals surface area contributed by atoms with E-state index < -0.39 is 0 Å². The van der Waals surface area contributed by atoms with Crippen molar-refractivity contribution in [2.45, 2.75) is 90.4 Å². The summed E-state index contributed by atoms with van der Waals surface area (Å²) in [4.78, 5) is 0. The Labute approximate surface area is 248 Å². The molecule has 3 heteroatoms. The SMILES string of the molecule is CCCCCCCCCCCCOc1ccc(/C=C/C2=[N+](C)c3ccc4ccccc4c3C2(C)C)cc1.[I-]. The molecule has 0 aliphatic carbocycles. The van der Waals surface area contributed by atoms with Gasteiger partial charge in [-0.1, -0.05) is 101 Å². The normalized spacial score (nSPS) is 14.2. The van der Waals surface area contributed by atoms with Crippen molar-refractivity contribution in [3.05, 3.63) is 77.9 Å². The maximum absolute atomic E-state index is 6.01. The van der Waals surface area contributed by atoms with Gasteiger partial charge in [0.05, 0.1) is 12.0 Å². The van der Waals surface area contributed by atoms with Crippen LogP contribution in [-0.4, -0.2) is 23.9 Å². The lowest BCUT2D eigenvalue weighted by atomic mass is 9.79. The molecule has 0 bridgehead atoms. The molecule has 1 aliphatic heterocycles. The fraction of sp³-hybridized carbons (Fsp3) is 0.457. The van der Waals surface area contributed by atoms with Gasteiger partial charge in [-0.2, -0.15) is 4.58 Å². The number of nitrogens with zero attached hydrogens (tertiary/aromatic N) is 1. The van der Waals surface area contributed by atoms with E-state index in [2.05, 4.69) is 105 Å². The molecule has 0 unspecified atom stereocenters. The monoisotopic (exact) mass is 623 g/mol. The van der Waals surface area contributed by atoms with Crippen molar-refractivity contribution in [2.75, 3.05) is 13.7 Å². The van der Waals surface area contributed by atoms with Crippen LogP contribution in [-0.2, 0) is 5.41 Å². The summed E-state index contributed by atoms with van der Waals surface area (Å²) in [7, 11) is 2.19. The van der Waals surface area contributed by atoms with Gasteiger partial charge in [0.2, 0.25) is 5.69 Å². The molecule has 1 heterocycles. The largest absolute Gasteiger partial charge is 1.00 e. The first-order valence-electron chi connectivity index (χ1n) is 14.6. The molecule has 0 amide bonds. The number of ether oxygens (including phenoxy) is 1. The first-order chi connectivity index (χ1) is 18.0. The third kappa shape index (κ3) is 7.49. The van der Waals surface area contributed by atoms with Crippen LogP contribution in [0.1, 0.15) is 96.1 Å². The third-order valence-electron chi connectivity index (χ3n) is 7.98. The lowest BCUT2D eigenvalue weighted by Crippen LogP contribution is -3.00. The second kappa shape index (κ2) is 14.9. The second-order valence-electron chi connectivity index (χ2n) is 11.2. The van der Waals surface area contributed by atoms with Crippen molar-refractivity contribution in [1.29, 1.82) is 0 Å². The molecule has 0 atom stereocenters. The van der Waals surface area contributed by atoms with Gasteiger partial charge in [-0.05, 0) is 60.9 Å². The van der Waals surface area contributed by atoms with Crippen molar-refractivity contribution >= 4 is 28.2 Å². The Morgan fingerprint density at radius 2 is 1.37 bits per heavy atom. The minimum atomic E-state index is -0.0560. The number of hydrogen-bond donors (Lipinski definition) is 0. The molecule has 0 spiro atoms. The highest BCUT2D eigenvalue weighted by atomic mass is 127. The molecule has 0 radical (unpaired) electrons. The van der Waals surface area contributed by atoms with Gasteiger partial charge >= 0.3 is 0 Å². The van der Waals surface area contributed by atoms with Gasteiger partial charge in [0.15, 0.2) is 5.71 Å². The van der Waals surface area contributed by atoms with Crippen molar-refractivity contribution in [1.82, 2.24) is 0 Å². The summed E-state index contributed by atoms with van der Waals surface area (Å²) in [6, 6.07) is 21.8. The molecule has 0 aromatic heterocycles. The molecule has 4 rings (SSSR count). The quantitative estimate of drug-likeness (QED) is 0.109. The standard InChI is InChI=1S/C35H46NO.HI/c1-5-6-7-8-9-10-11-12-13-16-27-37-30-23-19-28(20-24-30)21-26-33-35(2,3)34-31-18-15-14-17-29(31)22-25-32(34)36(33)4;/h14-15,17-26H,5-13,16,27H2,1-4H3;1H/q+1;/p-1/b26-21+;. The first-order valence-corrected chi connectivity index (χ1v) is 14.6. The number of allylic oxidation sites excluding steroid dienone is 1. The average Bonchev–Trinajstić information content (AvgIpc) is 3.11. The Kier molecular flexibility index (Phi) is 11.9. The highest BCUT2D eigenvalue weighted by molar-refractivity contribution is 6.09. The van der Waals surface area contributed by atoms with Gasteiger partial charge < -0.3 is 28.7 Å². The van der Waals surface area contributed by atoms with Gasteiger partial charge in [0.1, 0.15) is 12.8 Å². The summed E-state index contributed by atoms with van der Waals surface area (Å²) < 4.78 is 8.36. The number of benzene rings is 3. The molecule has 0 N–H and O–H groups in total. The van der Waals surface area contributed by atoms with Gasteiger partial charge in [-0.25, -0.2) is 0 Å². The van der Waals surface area contributed by atoms with E-state index in [-0.39, 0.29) is 29.4 Å². The van der Waals surface area contributed by atoms with E-state index in [9.17, 15) is 0 Å². The maximum Gasteiger partial charge on any atom is 0.210 e. The van der Waals surface area contributed by atoms with E-state index >= 15 is 0 Å². The van der Waals surface area contributed by atoms with Crippen LogP contribution < -0.4 is 28.7 Å². The van der Waals surface area contributed by atoms with Crippen molar-refractivity contribution in [3.8, 4) is 5.75 Å². The number of hydrogen-bond acceptors (Lipinski definition) is 1. The summed E-state index contributed by atoms with van der Waals surface area (Å²) in [6.45, 7) is 7.77. The topological polar surface area (TPSA) is 12.2 Å². The van der Waals surface area contributed by atoms with Crippen LogP contribution >= 0.6 is 0 Å². The number of unbranched alkanes of at least 4 members (excludes halogenated alkanes) is 9. The van der Waals surface area contributed by atoms with E-state index in [4.69, 9.17) is 4.74 Å². The van der Waals surface area contributed by atoms with Gasteiger partial charge in [-0.15, -0.1) is 0 Å². The van der Waals surface area contributed by atoms with E-state index in [0.29, 0.717) is 0 Å². The second-order valence-corrected chi connectivity index (χ2v) is 11.2. The molecule has 3 aromatic rings. The molecular weight excluding hydrogens is 577 g/mol. The Morgan fingerprint density at radius 1 is 0.737 bits per heavy atom. The summed E-state index contributed by atoms with van der Waals surface area (Å²) in [5.41, 5.74) is 5.19. The highest BCUT2D eigenvalue weighted by Gasteiger charge is 2.44. The van der Waals surface area contributed by atoms with E-state index in [1.807, 2.05) is 0 Å². The zero-order valence-electron chi connectivity index (χ0n) is 23.9. The zero-order valence-corrected chi connectivity index (χ0v) is 26.1. The Bertz CT molecular complexity index is 1220. The van der Waals surface area contributed by atoms with E-state index in [1.54, 1.807) is 0 Å². The summed E-state index contributed by atoms with van der Waals surface area (Å²) in [5.74, 6) is 0.970. The lowest BCUT2D eigenvalue weighted by Gasteiger charge is -2.17. The minimum absolute atomic E-state index is 0. The maximum atomic E-state index is 6.01. The average molecular weight is 624 g/mol. The van der Waals surface area contributed by atoms with Crippen LogP contribution in [0, 0.1) is 0 Å². The van der Waals surface area contributed by atoms with Crippen LogP contribution in [0.15, 0.2) is 66.7 Å². The Hall–Kier alpha value is -2.14. The lowest BCUT2D eigenvalue weighted by molar-refractivity contribution is -0.401. The molecule has 2 nitrogen and oxygen atoms in total. The fourth-order valence-electron chi connectivity index (χ4n) is 5.82. The molecule has 38 heavy (non-hydrogen) atoms. The zero-order chi connectivity index (χ0) is 26.1. The molecule has 0 saturated carbocycles. The van der Waals surface area contributed by atoms with E-state index in [1.165, 1.54) is 91.1 Å². The van der Waals surface area contributed by atoms with Crippen LogP contribution in [0.4, 0.5) is 5.69 Å². The van der Waals surface area contributed by atoms with Gasteiger partial charge in [-0.3, -0.25) is 0 Å². The van der Waals surface area contributed by atoms with Gasteiger partial charge in [0.25, 0.3) is 0 Å². The third-order valence-corrected chi connectivity index (χ3v) is 7.98. The smallest absolute Gasteiger partial charge is 0.210 e. The predicted molar refractivity (Wildman–Crippen MR) is 161 cm³/mol. The molecular formula is C35H46INO. The Balaban J connectivity index is 0.00000400. The van der Waals surface area contributed by atoms with Crippen LogP contribution in [0.2, 0.25) is 0 Å². The first kappa shape index (κ1) is 30.4. The highest BCUT2D eigenvalue weighted by Crippen LogP contribution is 2.43. The predicted octanol–water partition coefficient (Wildman–Crippen LogP) is 6.86. The number of rotatable bonds is 14. The van der Waals surface area contributed by atoms with Crippen LogP contribution in [0.5, 0.6) is 5.75 Å². The molecule has 3 aromatic carbocycles. The van der Waals surface area contributed by atoms with Crippen LogP contribution in [0.3, 0.4) is 0 Å². The van der Waals surface area contributed by atoms with Crippen molar-refractivity contribution < 1.29 is 33.3 Å². The summed E-state index contributed by atoms with van der Waals surface area (Å²) in [6.07, 6.45) is 18.0. The van der Waals surface area contributed by atoms with E-state index in [0.717, 1.165) is 18.8 Å². The fourth-order valence-corrected chi connectivity index (χ4v) is 5.82. The number of fused-ring (bicyclic) bond motifs is 3. The summed E-state index contributed by atoms with van der Waals surface area (Å²) in [5, 5.41) is 2.66. The van der Waals surface area contributed by atoms with Crippen molar-refractivity contribution in [3.63, 3.8) is 0 Å². The van der Waals surface area contributed by atoms with Gasteiger partial charge in [0, 0.05) is 17.7 Å². The minimum Gasteiger partial charge on any atom is -1.00 e. The molecule has 0 saturated heterocycles. The molecule has 0 fully saturated rings. The van der Waals surface area contributed by atoms with Crippen molar-refractivity contribution in [2.24, 2.45) is 0 Å². The summed E-state index contributed by atoms with van der Waals surface area (Å²) >= 11 is 0. The number of halogens is 1.